The fraction of sp³-hybridized carbons (Fsp3) is 0.444. The van der Waals surface area contributed by atoms with Gasteiger partial charge in [-0.2, -0.15) is 0 Å². The molecule has 0 aromatic heterocycles. The lowest BCUT2D eigenvalue weighted by molar-refractivity contribution is -0.127. The molecule has 25 heavy (non-hydrogen) atoms. The van der Waals surface area contributed by atoms with Crippen LogP contribution in [0.2, 0.25) is 0 Å². The maximum absolute atomic E-state index is 12.1. The zero-order valence-corrected chi connectivity index (χ0v) is 14.4. The number of carbonyl (C=O) groups is 2. The number of rotatable bonds is 7. The van der Waals surface area contributed by atoms with E-state index in [-0.39, 0.29) is 24.8 Å². The maximum Gasteiger partial charge on any atom is 0.223 e. The first kappa shape index (κ1) is 19.0. The fourth-order valence-corrected chi connectivity index (χ4v) is 2.61. The van der Waals surface area contributed by atoms with Crippen LogP contribution in [0.3, 0.4) is 0 Å². The van der Waals surface area contributed by atoms with Gasteiger partial charge in [0.1, 0.15) is 11.9 Å². The molecule has 0 saturated heterocycles. The molecule has 7 nitrogen and oxygen atoms in total. The molecule has 2 rings (SSSR count). The molecule has 136 valence electrons. The highest BCUT2D eigenvalue weighted by atomic mass is 16.5. The van der Waals surface area contributed by atoms with E-state index in [1.165, 1.54) is 6.92 Å². The monoisotopic (exact) mass is 348 g/mol. The number of nitrogens with one attached hydrogen (secondary N) is 2. The SMILES string of the molecule is COc1cccc(CNC(=O)C[C@H]2C=C[C@@H](NC(C)=O)[C@@H](CO)O2)c1. The minimum atomic E-state index is -0.565. The van der Waals surface area contributed by atoms with Gasteiger partial charge in [0.05, 0.1) is 32.3 Å². The minimum Gasteiger partial charge on any atom is -0.497 e. The van der Waals surface area contributed by atoms with Crippen molar-refractivity contribution in [2.75, 3.05) is 13.7 Å². The van der Waals surface area contributed by atoms with Crippen LogP contribution in [-0.2, 0) is 20.9 Å². The van der Waals surface area contributed by atoms with Crippen molar-refractivity contribution in [3.63, 3.8) is 0 Å². The predicted octanol–water partition coefficient (Wildman–Crippen LogP) is 0.522. The van der Waals surface area contributed by atoms with E-state index in [1.807, 2.05) is 24.3 Å². The molecule has 0 fully saturated rings. The molecule has 1 heterocycles. The van der Waals surface area contributed by atoms with Crippen LogP contribution in [-0.4, -0.2) is 48.9 Å². The lowest BCUT2D eigenvalue weighted by Gasteiger charge is -2.31. The molecule has 0 bridgehead atoms. The van der Waals surface area contributed by atoms with Crippen molar-refractivity contribution in [1.29, 1.82) is 0 Å². The average molecular weight is 348 g/mol. The number of benzene rings is 1. The van der Waals surface area contributed by atoms with Crippen molar-refractivity contribution in [3.05, 3.63) is 42.0 Å². The van der Waals surface area contributed by atoms with Crippen molar-refractivity contribution in [2.45, 2.75) is 38.1 Å². The highest BCUT2D eigenvalue weighted by Gasteiger charge is 2.28. The molecule has 1 aromatic carbocycles. The predicted molar refractivity (Wildman–Crippen MR) is 91.9 cm³/mol. The molecule has 7 heteroatoms. The molecule has 1 aliphatic heterocycles. The summed E-state index contributed by atoms with van der Waals surface area (Å²) in [4.78, 5) is 23.2. The second-order valence-corrected chi connectivity index (χ2v) is 5.84. The van der Waals surface area contributed by atoms with Gasteiger partial charge in [0.25, 0.3) is 0 Å². The summed E-state index contributed by atoms with van der Waals surface area (Å²) in [6.07, 6.45) is 2.63. The molecule has 0 saturated carbocycles. The van der Waals surface area contributed by atoms with Crippen molar-refractivity contribution in [3.8, 4) is 5.75 Å². The largest absolute Gasteiger partial charge is 0.497 e. The van der Waals surface area contributed by atoms with E-state index in [0.29, 0.717) is 6.54 Å². The van der Waals surface area contributed by atoms with Crippen LogP contribution in [0.1, 0.15) is 18.9 Å². The van der Waals surface area contributed by atoms with E-state index < -0.39 is 18.2 Å². The summed E-state index contributed by atoms with van der Waals surface area (Å²) in [7, 11) is 1.59. The Kier molecular flexibility index (Phi) is 6.97. The van der Waals surface area contributed by atoms with Crippen LogP contribution in [0.15, 0.2) is 36.4 Å². The van der Waals surface area contributed by atoms with Gasteiger partial charge in [-0.15, -0.1) is 0 Å². The summed E-state index contributed by atoms with van der Waals surface area (Å²) in [5, 5.41) is 14.9. The van der Waals surface area contributed by atoms with E-state index in [1.54, 1.807) is 19.3 Å². The molecule has 0 unspecified atom stereocenters. The smallest absolute Gasteiger partial charge is 0.223 e. The summed E-state index contributed by atoms with van der Waals surface area (Å²) in [6.45, 7) is 1.56. The molecule has 1 aliphatic rings. The summed E-state index contributed by atoms with van der Waals surface area (Å²) in [6, 6.07) is 7.07. The molecule has 0 aliphatic carbocycles. The van der Waals surface area contributed by atoms with Crippen LogP contribution in [0.25, 0.3) is 0 Å². The van der Waals surface area contributed by atoms with E-state index in [0.717, 1.165) is 11.3 Å². The third-order valence-corrected chi connectivity index (χ3v) is 3.84. The number of hydrogen-bond donors (Lipinski definition) is 3. The summed E-state index contributed by atoms with van der Waals surface area (Å²) in [5.74, 6) is 0.374. The Balaban J connectivity index is 1.84. The molecule has 3 N–H and O–H groups in total. The minimum absolute atomic E-state index is 0.143. The second kappa shape index (κ2) is 9.19. The first-order valence-corrected chi connectivity index (χ1v) is 8.13. The summed E-state index contributed by atoms with van der Waals surface area (Å²) >= 11 is 0. The van der Waals surface area contributed by atoms with Gasteiger partial charge in [-0.05, 0) is 17.7 Å². The summed E-state index contributed by atoms with van der Waals surface area (Å²) < 4.78 is 10.8. The molecule has 0 spiro atoms. The number of aliphatic hydroxyl groups is 1. The molecule has 2 amide bonds. The number of hydrogen-bond acceptors (Lipinski definition) is 5. The summed E-state index contributed by atoms with van der Waals surface area (Å²) in [5.41, 5.74) is 0.937. The van der Waals surface area contributed by atoms with Crippen molar-refractivity contribution in [2.24, 2.45) is 0 Å². The number of ether oxygens (including phenoxy) is 2. The van der Waals surface area contributed by atoms with Crippen molar-refractivity contribution < 1.29 is 24.2 Å². The first-order valence-electron chi connectivity index (χ1n) is 8.13. The Bertz CT molecular complexity index is 632. The van der Waals surface area contributed by atoms with Gasteiger partial charge in [0.2, 0.25) is 11.8 Å². The molecule has 3 atom stereocenters. The standard InChI is InChI=1S/C18H24N2O5/c1-12(22)20-16-7-6-15(25-17(16)11-21)9-18(23)19-10-13-4-3-5-14(8-13)24-2/h3-8,15-17,21H,9-11H2,1-2H3,(H,19,23)(H,20,22)/t15-,16-,17-/m1/s1. The quantitative estimate of drug-likeness (QED) is 0.624. The molecular weight excluding hydrogens is 324 g/mol. The highest BCUT2D eigenvalue weighted by Crippen LogP contribution is 2.16. The topological polar surface area (TPSA) is 96.9 Å². The van der Waals surface area contributed by atoms with E-state index in [4.69, 9.17) is 9.47 Å². The second-order valence-electron chi connectivity index (χ2n) is 5.84. The number of aliphatic hydroxyl groups excluding tert-OH is 1. The van der Waals surface area contributed by atoms with E-state index >= 15 is 0 Å². The zero-order valence-electron chi connectivity index (χ0n) is 14.4. The lowest BCUT2D eigenvalue weighted by Crippen LogP contribution is -2.48. The molecule has 1 aromatic rings. The van der Waals surface area contributed by atoms with Crippen LogP contribution >= 0.6 is 0 Å². The Morgan fingerprint density at radius 3 is 2.80 bits per heavy atom. The van der Waals surface area contributed by atoms with Gasteiger partial charge in [0, 0.05) is 13.5 Å². The van der Waals surface area contributed by atoms with E-state index in [9.17, 15) is 14.7 Å². The average Bonchev–Trinajstić information content (AvgIpc) is 2.61. The fourth-order valence-electron chi connectivity index (χ4n) is 2.61. The Morgan fingerprint density at radius 1 is 1.32 bits per heavy atom. The Labute approximate surface area is 147 Å². The first-order chi connectivity index (χ1) is 12.0. The lowest BCUT2D eigenvalue weighted by atomic mass is 10.0. The Hall–Kier alpha value is -2.38. The van der Waals surface area contributed by atoms with Gasteiger partial charge in [-0.1, -0.05) is 24.3 Å². The van der Waals surface area contributed by atoms with Gasteiger partial charge in [-0.25, -0.2) is 0 Å². The van der Waals surface area contributed by atoms with Crippen molar-refractivity contribution in [1.82, 2.24) is 10.6 Å². The van der Waals surface area contributed by atoms with Crippen LogP contribution < -0.4 is 15.4 Å². The molecular formula is C18H24N2O5. The third kappa shape index (κ3) is 5.88. The van der Waals surface area contributed by atoms with Crippen LogP contribution in [0.4, 0.5) is 0 Å². The van der Waals surface area contributed by atoms with Crippen LogP contribution in [0, 0.1) is 0 Å². The zero-order chi connectivity index (χ0) is 18.2. The van der Waals surface area contributed by atoms with E-state index in [2.05, 4.69) is 10.6 Å². The maximum atomic E-state index is 12.1. The molecule has 0 radical (unpaired) electrons. The van der Waals surface area contributed by atoms with Gasteiger partial charge < -0.3 is 25.2 Å². The van der Waals surface area contributed by atoms with Gasteiger partial charge in [0.15, 0.2) is 0 Å². The van der Waals surface area contributed by atoms with Crippen LogP contribution in [0.5, 0.6) is 5.75 Å². The van der Waals surface area contributed by atoms with Gasteiger partial charge >= 0.3 is 0 Å². The number of carbonyl (C=O) groups excluding carboxylic acids is 2. The van der Waals surface area contributed by atoms with Crippen molar-refractivity contribution >= 4 is 11.8 Å². The Morgan fingerprint density at radius 2 is 2.12 bits per heavy atom. The number of amides is 2. The van der Waals surface area contributed by atoms with Gasteiger partial charge in [-0.3, -0.25) is 9.59 Å². The normalized spacial score (nSPS) is 22.3. The number of methoxy groups -OCH3 is 1. The third-order valence-electron chi connectivity index (χ3n) is 3.84. The highest BCUT2D eigenvalue weighted by molar-refractivity contribution is 5.77.